The fourth-order valence-corrected chi connectivity index (χ4v) is 3.06. The van der Waals surface area contributed by atoms with Gasteiger partial charge in [-0.25, -0.2) is 0 Å². The van der Waals surface area contributed by atoms with Gasteiger partial charge < -0.3 is 0 Å². The maximum absolute atomic E-state index is 4.69. The van der Waals surface area contributed by atoms with Crippen LogP contribution >= 0.6 is 22.6 Å². The molecule has 1 aliphatic rings. The van der Waals surface area contributed by atoms with Crippen LogP contribution in [0, 0.1) is 3.57 Å². The maximum Gasteiger partial charge on any atom is 0.0677 e. The Labute approximate surface area is 115 Å². The SMILES string of the molecule is CC1=Nc2ccc3cc(I)ccc3c2C1(C)C. The molecule has 3 rings (SSSR count). The third kappa shape index (κ3) is 1.53. The first kappa shape index (κ1) is 11.2. The molecule has 0 bridgehead atoms. The third-order valence-corrected chi connectivity index (χ3v) is 4.45. The van der Waals surface area contributed by atoms with E-state index < -0.39 is 0 Å². The number of hydrogen-bond acceptors (Lipinski definition) is 1. The summed E-state index contributed by atoms with van der Waals surface area (Å²) < 4.78 is 1.28. The number of halogens is 1. The first-order valence-electron chi connectivity index (χ1n) is 5.78. The van der Waals surface area contributed by atoms with Gasteiger partial charge in [0.25, 0.3) is 0 Å². The fraction of sp³-hybridized carbons (Fsp3) is 0.267. The van der Waals surface area contributed by atoms with E-state index in [1.165, 1.54) is 25.6 Å². The van der Waals surface area contributed by atoms with Crippen LogP contribution in [0.15, 0.2) is 35.3 Å². The molecular weight excluding hydrogens is 321 g/mol. The van der Waals surface area contributed by atoms with Gasteiger partial charge in [0.1, 0.15) is 0 Å². The van der Waals surface area contributed by atoms with Crippen molar-refractivity contribution in [1.82, 2.24) is 0 Å². The summed E-state index contributed by atoms with van der Waals surface area (Å²) in [4.78, 5) is 4.69. The van der Waals surface area contributed by atoms with Gasteiger partial charge in [-0.2, -0.15) is 0 Å². The maximum atomic E-state index is 4.69. The molecule has 0 N–H and O–H groups in total. The molecule has 0 fully saturated rings. The Morgan fingerprint density at radius 1 is 1.12 bits per heavy atom. The van der Waals surface area contributed by atoms with Crippen LogP contribution in [0.2, 0.25) is 0 Å². The molecule has 0 aliphatic carbocycles. The summed E-state index contributed by atoms with van der Waals surface area (Å²) >= 11 is 2.36. The lowest BCUT2D eigenvalue weighted by atomic mass is 9.80. The minimum absolute atomic E-state index is 0.0572. The van der Waals surface area contributed by atoms with Gasteiger partial charge in [0, 0.05) is 14.7 Å². The summed E-state index contributed by atoms with van der Waals surface area (Å²) in [7, 11) is 0. The van der Waals surface area contributed by atoms with Crippen molar-refractivity contribution in [1.29, 1.82) is 0 Å². The zero-order valence-corrected chi connectivity index (χ0v) is 12.4. The minimum atomic E-state index is 0.0572. The molecule has 17 heavy (non-hydrogen) atoms. The largest absolute Gasteiger partial charge is 0.257 e. The predicted molar refractivity (Wildman–Crippen MR) is 82.5 cm³/mol. The monoisotopic (exact) mass is 335 g/mol. The van der Waals surface area contributed by atoms with Crippen molar-refractivity contribution in [3.63, 3.8) is 0 Å². The Kier molecular flexibility index (Phi) is 2.34. The summed E-state index contributed by atoms with van der Waals surface area (Å²) in [6, 6.07) is 11.0. The van der Waals surface area contributed by atoms with Crippen molar-refractivity contribution < 1.29 is 0 Å². The van der Waals surface area contributed by atoms with Gasteiger partial charge in [0.2, 0.25) is 0 Å². The van der Waals surface area contributed by atoms with E-state index in [-0.39, 0.29) is 5.41 Å². The quantitative estimate of drug-likeness (QED) is 0.612. The minimum Gasteiger partial charge on any atom is -0.257 e. The second kappa shape index (κ2) is 3.55. The van der Waals surface area contributed by atoms with Crippen LogP contribution in [0.4, 0.5) is 5.69 Å². The van der Waals surface area contributed by atoms with Gasteiger partial charge >= 0.3 is 0 Å². The molecule has 2 aromatic rings. The van der Waals surface area contributed by atoms with Crippen molar-refractivity contribution in [2.45, 2.75) is 26.2 Å². The predicted octanol–water partition coefficient (Wildman–Crippen LogP) is 4.83. The highest BCUT2D eigenvalue weighted by atomic mass is 127. The number of nitrogens with zero attached hydrogens (tertiary/aromatic N) is 1. The number of fused-ring (bicyclic) bond motifs is 3. The Bertz CT molecular complexity index is 653. The van der Waals surface area contributed by atoms with Crippen LogP contribution in [0.5, 0.6) is 0 Å². The highest BCUT2D eigenvalue weighted by Gasteiger charge is 2.33. The van der Waals surface area contributed by atoms with E-state index in [4.69, 9.17) is 4.99 Å². The van der Waals surface area contributed by atoms with Gasteiger partial charge in [0.15, 0.2) is 0 Å². The fourth-order valence-electron chi connectivity index (χ4n) is 2.54. The van der Waals surface area contributed by atoms with E-state index in [0.717, 1.165) is 5.69 Å². The van der Waals surface area contributed by atoms with E-state index in [9.17, 15) is 0 Å². The van der Waals surface area contributed by atoms with Crippen LogP contribution in [0.3, 0.4) is 0 Å². The average molecular weight is 335 g/mol. The molecule has 86 valence electrons. The van der Waals surface area contributed by atoms with Crippen LogP contribution < -0.4 is 0 Å². The number of hydrogen-bond donors (Lipinski definition) is 0. The van der Waals surface area contributed by atoms with Crippen molar-refractivity contribution >= 4 is 44.8 Å². The Morgan fingerprint density at radius 3 is 2.65 bits per heavy atom. The summed E-state index contributed by atoms with van der Waals surface area (Å²) in [5.41, 5.74) is 3.78. The first-order chi connectivity index (χ1) is 8.00. The van der Waals surface area contributed by atoms with E-state index in [2.05, 4.69) is 73.7 Å². The smallest absolute Gasteiger partial charge is 0.0677 e. The molecule has 2 aromatic carbocycles. The molecule has 0 saturated heterocycles. The highest BCUT2D eigenvalue weighted by Crippen LogP contribution is 2.44. The van der Waals surface area contributed by atoms with E-state index in [0.29, 0.717) is 0 Å². The van der Waals surface area contributed by atoms with Gasteiger partial charge in [-0.3, -0.25) is 4.99 Å². The third-order valence-electron chi connectivity index (χ3n) is 3.78. The van der Waals surface area contributed by atoms with Crippen molar-refractivity contribution in [2.24, 2.45) is 4.99 Å². The van der Waals surface area contributed by atoms with Crippen molar-refractivity contribution in [3.05, 3.63) is 39.5 Å². The molecule has 0 saturated carbocycles. The first-order valence-corrected chi connectivity index (χ1v) is 6.86. The lowest BCUT2D eigenvalue weighted by molar-refractivity contribution is 0.740. The zero-order chi connectivity index (χ0) is 12.2. The van der Waals surface area contributed by atoms with Crippen molar-refractivity contribution in [3.8, 4) is 0 Å². The van der Waals surface area contributed by atoms with Gasteiger partial charge in [-0.05, 0) is 64.0 Å². The molecule has 0 spiro atoms. The summed E-state index contributed by atoms with van der Waals surface area (Å²) in [5.74, 6) is 0. The molecule has 0 radical (unpaired) electrons. The summed E-state index contributed by atoms with van der Waals surface area (Å²) in [5, 5.41) is 2.65. The van der Waals surface area contributed by atoms with Crippen LogP contribution in [-0.4, -0.2) is 5.71 Å². The Hall–Kier alpha value is -0.900. The van der Waals surface area contributed by atoms with E-state index >= 15 is 0 Å². The van der Waals surface area contributed by atoms with Gasteiger partial charge in [-0.1, -0.05) is 26.0 Å². The summed E-state index contributed by atoms with van der Waals surface area (Å²) in [6.45, 7) is 6.64. The molecule has 0 unspecified atom stereocenters. The Balaban J connectivity index is 2.41. The Morgan fingerprint density at radius 2 is 1.88 bits per heavy atom. The number of aliphatic imine (C=N–C) groups is 1. The molecule has 1 aliphatic heterocycles. The molecular formula is C15H14IN. The van der Waals surface area contributed by atoms with E-state index in [1.54, 1.807) is 0 Å². The lowest BCUT2D eigenvalue weighted by Crippen LogP contribution is -2.22. The van der Waals surface area contributed by atoms with Crippen molar-refractivity contribution in [2.75, 3.05) is 0 Å². The van der Waals surface area contributed by atoms with E-state index in [1.807, 2.05) is 0 Å². The number of benzene rings is 2. The van der Waals surface area contributed by atoms with Crippen LogP contribution in [0.25, 0.3) is 10.8 Å². The van der Waals surface area contributed by atoms with Gasteiger partial charge in [0.05, 0.1) is 5.69 Å². The average Bonchev–Trinajstić information content (AvgIpc) is 2.50. The number of rotatable bonds is 0. The molecule has 2 heteroatoms. The molecule has 0 aromatic heterocycles. The topological polar surface area (TPSA) is 12.4 Å². The molecule has 0 amide bonds. The lowest BCUT2D eigenvalue weighted by Gasteiger charge is -2.21. The molecule has 0 atom stereocenters. The molecule has 1 nitrogen and oxygen atoms in total. The molecule has 1 heterocycles. The standard InChI is InChI=1S/C15H14IN/c1-9-15(2,3)14-12-6-5-11(16)8-10(12)4-7-13(14)17-9/h4-8H,1-3H3. The zero-order valence-electron chi connectivity index (χ0n) is 10.2. The van der Waals surface area contributed by atoms with Crippen LogP contribution in [0.1, 0.15) is 26.3 Å². The second-order valence-corrected chi connectivity index (χ2v) is 6.39. The normalized spacial score (nSPS) is 17.1. The van der Waals surface area contributed by atoms with Gasteiger partial charge in [-0.15, -0.1) is 0 Å². The second-order valence-electron chi connectivity index (χ2n) is 5.15. The highest BCUT2D eigenvalue weighted by molar-refractivity contribution is 14.1. The van der Waals surface area contributed by atoms with Crippen LogP contribution in [-0.2, 0) is 5.41 Å². The summed E-state index contributed by atoms with van der Waals surface area (Å²) in [6.07, 6.45) is 0.